The highest BCUT2D eigenvalue weighted by Gasteiger charge is 2.67. The van der Waals surface area contributed by atoms with E-state index in [-0.39, 0.29) is 28.4 Å². The minimum Gasteiger partial charge on any atom is -0.373 e. The van der Waals surface area contributed by atoms with Crippen LogP contribution < -0.4 is 0 Å². The highest BCUT2D eigenvalue weighted by molar-refractivity contribution is 8.26. The van der Waals surface area contributed by atoms with Crippen molar-refractivity contribution in [1.29, 1.82) is 0 Å². The predicted octanol–water partition coefficient (Wildman–Crippen LogP) is 0.970. The Morgan fingerprint density at radius 2 is 2.23 bits per heavy atom. The molecule has 0 radical (unpaired) electrons. The summed E-state index contributed by atoms with van der Waals surface area (Å²) in [6.07, 6.45) is 1.93. The number of carbonyl (C=O) groups excluding carboxylic acids is 2. The van der Waals surface area contributed by atoms with Crippen molar-refractivity contribution in [1.82, 2.24) is 0 Å². The zero-order valence-corrected chi connectivity index (χ0v) is 8.10. The maximum absolute atomic E-state index is 11.6. The lowest BCUT2D eigenvalue weighted by molar-refractivity contribution is -0.125. The Labute approximate surface area is 80.2 Å². The quantitative estimate of drug-likeness (QED) is 0.581. The average molecular weight is 198 g/mol. The van der Waals surface area contributed by atoms with Gasteiger partial charge in [-0.2, -0.15) is 0 Å². The molecule has 3 saturated heterocycles. The second-order valence-corrected chi connectivity index (χ2v) is 5.19. The van der Waals surface area contributed by atoms with E-state index >= 15 is 0 Å². The topological polar surface area (TPSA) is 43.4 Å². The van der Waals surface area contributed by atoms with Crippen LogP contribution in [-0.2, 0) is 14.3 Å². The van der Waals surface area contributed by atoms with Crippen LogP contribution in [0.15, 0.2) is 0 Å². The average Bonchev–Trinajstić information content (AvgIpc) is 2.66. The summed E-state index contributed by atoms with van der Waals surface area (Å²) in [4.78, 5) is 23.2. The first-order chi connectivity index (χ1) is 6.14. The van der Waals surface area contributed by atoms with Gasteiger partial charge in [0, 0.05) is 0 Å². The minimum absolute atomic E-state index is 0.00829. The van der Waals surface area contributed by atoms with Gasteiger partial charge in [0.1, 0.15) is 0 Å². The third kappa shape index (κ3) is 0.726. The molecular formula is C9H10O3S. The van der Waals surface area contributed by atoms with Gasteiger partial charge in [0.15, 0.2) is 0 Å². The smallest absolute Gasteiger partial charge is 0.205 e. The maximum atomic E-state index is 11.6. The molecular weight excluding hydrogens is 188 g/mol. The Morgan fingerprint density at radius 1 is 1.46 bits per heavy atom. The summed E-state index contributed by atoms with van der Waals surface area (Å²) in [5.41, 5.74) is -0.495. The van der Waals surface area contributed by atoms with Crippen LogP contribution in [0.5, 0.6) is 0 Å². The lowest BCUT2D eigenvalue weighted by Gasteiger charge is -2.28. The van der Waals surface area contributed by atoms with Gasteiger partial charge in [-0.1, -0.05) is 0 Å². The summed E-state index contributed by atoms with van der Waals surface area (Å²) in [6, 6.07) is 0. The van der Waals surface area contributed by atoms with Crippen LogP contribution in [-0.4, -0.2) is 22.4 Å². The highest BCUT2D eigenvalue weighted by atomic mass is 32.2. The maximum Gasteiger partial charge on any atom is 0.205 e. The molecule has 0 aromatic rings. The third-order valence-corrected chi connectivity index (χ3v) is 4.71. The van der Waals surface area contributed by atoms with Crippen molar-refractivity contribution in [2.75, 3.05) is 0 Å². The Kier molecular flexibility index (Phi) is 1.34. The lowest BCUT2D eigenvalue weighted by Crippen LogP contribution is -2.40. The van der Waals surface area contributed by atoms with Crippen LogP contribution in [0, 0.1) is 11.3 Å². The number of rotatable bonds is 0. The van der Waals surface area contributed by atoms with Gasteiger partial charge in [-0.05, 0) is 31.5 Å². The molecule has 3 aliphatic heterocycles. The standard InChI is InChI=1S/C9H10O3S/c1-9-5-3-2-4(12-5)6(9)7(10)13-8(9)11/h4-6H,2-3H2,1H3/t4?,5-,6-,9-/m0/s1. The molecule has 0 saturated carbocycles. The van der Waals surface area contributed by atoms with Gasteiger partial charge >= 0.3 is 0 Å². The van der Waals surface area contributed by atoms with E-state index in [1.807, 2.05) is 6.92 Å². The fraction of sp³-hybridized carbons (Fsp3) is 0.778. The van der Waals surface area contributed by atoms with Gasteiger partial charge in [0.25, 0.3) is 0 Å². The van der Waals surface area contributed by atoms with E-state index in [0.29, 0.717) is 0 Å². The van der Waals surface area contributed by atoms with Gasteiger partial charge in [-0.25, -0.2) is 0 Å². The molecule has 13 heavy (non-hydrogen) atoms. The Balaban J connectivity index is 2.12. The molecule has 4 heteroatoms. The van der Waals surface area contributed by atoms with Gasteiger partial charge < -0.3 is 4.74 Å². The fourth-order valence-electron chi connectivity index (χ4n) is 2.86. The third-order valence-electron chi connectivity index (χ3n) is 3.63. The first-order valence-electron chi connectivity index (χ1n) is 4.55. The number of fused-ring (bicyclic) bond motifs is 5. The predicted molar refractivity (Wildman–Crippen MR) is 47.1 cm³/mol. The molecule has 0 spiro atoms. The van der Waals surface area contributed by atoms with E-state index in [4.69, 9.17) is 4.74 Å². The van der Waals surface area contributed by atoms with E-state index < -0.39 is 5.41 Å². The van der Waals surface area contributed by atoms with Gasteiger partial charge in [0.05, 0.1) is 23.5 Å². The van der Waals surface area contributed by atoms with Crippen molar-refractivity contribution in [3.8, 4) is 0 Å². The fourth-order valence-corrected chi connectivity index (χ4v) is 4.04. The molecule has 3 aliphatic rings. The van der Waals surface area contributed by atoms with Crippen molar-refractivity contribution < 1.29 is 14.3 Å². The molecule has 3 nitrogen and oxygen atoms in total. The molecule has 0 aromatic carbocycles. The summed E-state index contributed by atoms with van der Waals surface area (Å²) in [7, 11) is 0. The second-order valence-electron chi connectivity index (χ2n) is 4.21. The first kappa shape index (κ1) is 8.00. The zero-order valence-electron chi connectivity index (χ0n) is 7.28. The van der Waals surface area contributed by atoms with E-state index in [1.165, 1.54) is 0 Å². The molecule has 4 atom stereocenters. The summed E-state index contributed by atoms with van der Waals surface area (Å²) >= 11 is 0.901. The van der Waals surface area contributed by atoms with Crippen molar-refractivity contribution in [2.45, 2.75) is 32.0 Å². The van der Waals surface area contributed by atoms with E-state index in [0.717, 1.165) is 24.6 Å². The van der Waals surface area contributed by atoms with Crippen molar-refractivity contribution in [2.24, 2.45) is 11.3 Å². The number of hydrogen-bond acceptors (Lipinski definition) is 4. The number of hydrogen-bond donors (Lipinski definition) is 0. The van der Waals surface area contributed by atoms with Crippen LogP contribution in [0.3, 0.4) is 0 Å². The van der Waals surface area contributed by atoms with Gasteiger partial charge in [-0.3, -0.25) is 9.59 Å². The zero-order chi connectivity index (χ0) is 9.22. The molecule has 0 N–H and O–H groups in total. The first-order valence-corrected chi connectivity index (χ1v) is 5.37. The summed E-state index contributed by atoms with van der Waals surface area (Å²) in [5.74, 6) is -0.149. The Morgan fingerprint density at radius 3 is 2.92 bits per heavy atom. The molecule has 3 heterocycles. The molecule has 2 bridgehead atoms. The second kappa shape index (κ2) is 2.17. The summed E-state index contributed by atoms with van der Waals surface area (Å²) in [6.45, 7) is 1.89. The van der Waals surface area contributed by atoms with Crippen LogP contribution in [0.25, 0.3) is 0 Å². The molecule has 0 aliphatic carbocycles. The number of ether oxygens (including phenoxy) is 1. The van der Waals surface area contributed by atoms with E-state index in [9.17, 15) is 9.59 Å². The van der Waals surface area contributed by atoms with Crippen LogP contribution >= 0.6 is 11.8 Å². The molecule has 0 aromatic heterocycles. The van der Waals surface area contributed by atoms with Crippen molar-refractivity contribution in [3.63, 3.8) is 0 Å². The number of thioether (sulfide) groups is 1. The molecule has 3 fully saturated rings. The lowest BCUT2D eigenvalue weighted by atomic mass is 9.69. The minimum atomic E-state index is -0.495. The molecule has 70 valence electrons. The number of carbonyl (C=O) groups is 2. The van der Waals surface area contributed by atoms with Crippen molar-refractivity contribution in [3.05, 3.63) is 0 Å². The van der Waals surface area contributed by atoms with Crippen LogP contribution in [0.4, 0.5) is 0 Å². The normalized spacial score (nSPS) is 53.2. The molecule has 1 unspecified atom stereocenters. The van der Waals surface area contributed by atoms with E-state index in [1.54, 1.807) is 0 Å². The van der Waals surface area contributed by atoms with Crippen LogP contribution in [0.2, 0.25) is 0 Å². The summed E-state index contributed by atoms with van der Waals surface area (Å²) < 4.78 is 5.63. The van der Waals surface area contributed by atoms with Crippen LogP contribution in [0.1, 0.15) is 19.8 Å². The van der Waals surface area contributed by atoms with Gasteiger partial charge in [0.2, 0.25) is 10.2 Å². The highest BCUT2D eigenvalue weighted by Crippen LogP contribution is 2.59. The summed E-state index contributed by atoms with van der Waals surface area (Å²) in [5, 5.41) is 0.0504. The Bertz CT molecular complexity index is 314. The Hall–Kier alpha value is -0.350. The monoisotopic (exact) mass is 198 g/mol. The molecule has 3 rings (SSSR count). The van der Waals surface area contributed by atoms with Crippen molar-refractivity contribution >= 4 is 22.0 Å². The molecule has 0 amide bonds. The van der Waals surface area contributed by atoms with E-state index in [2.05, 4.69) is 0 Å². The van der Waals surface area contributed by atoms with Gasteiger partial charge in [-0.15, -0.1) is 0 Å². The largest absolute Gasteiger partial charge is 0.373 e. The SMILES string of the molecule is C[C@@]12C(=O)SC(=O)[C@@H]1C1CC[C@@H]2O1.